The molecule has 2 rings (SSSR count). The molecule has 0 bridgehead atoms. The summed E-state index contributed by atoms with van der Waals surface area (Å²) in [6.45, 7) is 0.633. The standard InChI is InChI=1S/C8H13NO3S.ClH/c10-7-1-3-9-8(5-7)2-4-13(11,12)6-8;/h9H,1-6H2;1H. The lowest BCUT2D eigenvalue weighted by Crippen LogP contribution is -2.52. The Hall–Kier alpha value is -0.130. The topological polar surface area (TPSA) is 63.2 Å². The summed E-state index contributed by atoms with van der Waals surface area (Å²) in [4.78, 5) is 11.2. The number of halogens is 1. The number of hydrogen-bond donors (Lipinski definition) is 1. The molecule has 82 valence electrons. The maximum Gasteiger partial charge on any atom is 0.152 e. The fourth-order valence-electron chi connectivity index (χ4n) is 2.19. The van der Waals surface area contributed by atoms with Crippen molar-refractivity contribution in [2.45, 2.75) is 24.8 Å². The molecule has 2 aliphatic heterocycles. The highest BCUT2D eigenvalue weighted by Crippen LogP contribution is 2.29. The van der Waals surface area contributed by atoms with E-state index in [2.05, 4.69) is 5.32 Å². The summed E-state index contributed by atoms with van der Waals surface area (Å²) >= 11 is 0. The van der Waals surface area contributed by atoms with Crippen molar-refractivity contribution in [3.05, 3.63) is 0 Å². The Bertz CT molecular complexity index is 340. The molecule has 1 spiro atoms. The molecule has 2 saturated heterocycles. The summed E-state index contributed by atoms with van der Waals surface area (Å²) in [5.74, 6) is 0.565. The number of ketones is 1. The Balaban J connectivity index is 0.000000980. The fraction of sp³-hybridized carbons (Fsp3) is 0.875. The van der Waals surface area contributed by atoms with Gasteiger partial charge in [0.2, 0.25) is 0 Å². The molecular formula is C8H14ClNO3S. The average Bonchev–Trinajstić information content (AvgIpc) is 2.26. The molecule has 14 heavy (non-hydrogen) atoms. The molecule has 1 atom stereocenters. The van der Waals surface area contributed by atoms with Gasteiger partial charge in [0.25, 0.3) is 0 Å². The summed E-state index contributed by atoms with van der Waals surface area (Å²) in [5.41, 5.74) is -0.409. The van der Waals surface area contributed by atoms with Crippen LogP contribution in [0.3, 0.4) is 0 Å². The van der Waals surface area contributed by atoms with Gasteiger partial charge >= 0.3 is 0 Å². The van der Waals surface area contributed by atoms with Crippen molar-refractivity contribution in [2.24, 2.45) is 0 Å². The molecule has 0 aromatic heterocycles. The third kappa shape index (κ3) is 2.27. The summed E-state index contributed by atoms with van der Waals surface area (Å²) in [5, 5.41) is 3.18. The lowest BCUT2D eigenvalue weighted by atomic mass is 9.88. The first-order valence-electron chi connectivity index (χ1n) is 4.49. The summed E-state index contributed by atoms with van der Waals surface area (Å²) in [7, 11) is -2.89. The zero-order valence-electron chi connectivity index (χ0n) is 7.78. The fourth-order valence-corrected chi connectivity index (χ4v) is 4.23. The van der Waals surface area contributed by atoms with Crippen molar-refractivity contribution in [3.63, 3.8) is 0 Å². The molecule has 2 fully saturated rings. The van der Waals surface area contributed by atoms with Gasteiger partial charge in [-0.05, 0) is 6.42 Å². The van der Waals surface area contributed by atoms with Gasteiger partial charge in [-0.1, -0.05) is 0 Å². The minimum atomic E-state index is -2.89. The zero-order chi connectivity index (χ0) is 9.53. The monoisotopic (exact) mass is 239 g/mol. The van der Waals surface area contributed by atoms with E-state index in [0.29, 0.717) is 25.8 Å². The third-order valence-electron chi connectivity index (χ3n) is 2.83. The molecule has 0 saturated carbocycles. The summed E-state index contributed by atoms with van der Waals surface area (Å²) in [6, 6.07) is 0. The van der Waals surface area contributed by atoms with Gasteiger partial charge in [-0.15, -0.1) is 12.4 Å². The lowest BCUT2D eigenvalue weighted by Gasteiger charge is -2.32. The molecule has 0 aromatic carbocycles. The first-order chi connectivity index (χ1) is 6.02. The van der Waals surface area contributed by atoms with Crippen molar-refractivity contribution < 1.29 is 13.2 Å². The van der Waals surface area contributed by atoms with E-state index in [9.17, 15) is 13.2 Å². The number of rotatable bonds is 0. The van der Waals surface area contributed by atoms with E-state index < -0.39 is 15.4 Å². The van der Waals surface area contributed by atoms with Crippen LogP contribution in [-0.2, 0) is 14.6 Å². The van der Waals surface area contributed by atoms with Crippen LogP contribution in [0.1, 0.15) is 19.3 Å². The van der Waals surface area contributed by atoms with Crippen LogP contribution in [0.2, 0.25) is 0 Å². The van der Waals surface area contributed by atoms with Crippen LogP contribution in [0.25, 0.3) is 0 Å². The predicted octanol–water partition coefficient (Wildman–Crippen LogP) is -0.0820. The number of nitrogens with one attached hydrogen (secondary N) is 1. The van der Waals surface area contributed by atoms with E-state index in [1.165, 1.54) is 0 Å². The second-order valence-corrected chi connectivity index (χ2v) is 6.20. The Kier molecular flexibility index (Phi) is 3.23. The molecule has 0 aliphatic carbocycles. The second kappa shape index (κ2) is 3.79. The largest absolute Gasteiger partial charge is 0.309 e. The van der Waals surface area contributed by atoms with E-state index in [1.807, 2.05) is 0 Å². The van der Waals surface area contributed by atoms with Crippen LogP contribution in [-0.4, -0.2) is 37.8 Å². The number of piperidine rings is 1. The summed E-state index contributed by atoms with van der Waals surface area (Å²) in [6.07, 6.45) is 1.54. The van der Waals surface area contributed by atoms with Crippen molar-refractivity contribution in [1.29, 1.82) is 0 Å². The zero-order valence-corrected chi connectivity index (χ0v) is 9.42. The Labute approximate surface area is 89.8 Å². The van der Waals surface area contributed by atoms with Gasteiger partial charge in [0.05, 0.1) is 11.5 Å². The number of carbonyl (C=O) groups is 1. The van der Waals surface area contributed by atoms with E-state index >= 15 is 0 Å². The minimum Gasteiger partial charge on any atom is -0.309 e. The highest BCUT2D eigenvalue weighted by atomic mass is 35.5. The van der Waals surface area contributed by atoms with Crippen molar-refractivity contribution in [2.75, 3.05) is 18.1 Å². The minimum absolute atomic E-state index is 0. The Morgan fingerprint density at radius 3 is 2.57 bits per heavy atom. The van der Waals surface area contributed by atoms with Gasteiger partial charge < -0.3 is 5.32 Å². The number of hydrogen-bond acceptors (Lipinski definition) is 4. The quantitative estimate of drug-likeness (QED) is 0.642. The molecule has 1 N–H and O–H groups in total. The number of carbonyl (C=O) groups excluding carboxylic acids is 1. The van der Waals surface area contributed by atoms with E-state index in [4.69, 9.17) is 0 Å². The number of sulfone groups is 1. The lowest BCUT2D eigenvalue weighted by molar-refractivity contribution is -0.121. The van der Waals surface area contributed by atoms with Crippen LogP contribution in [0.4, 0.5) is 0 Å². The van der Waals surface area contributed by atoms with Crippen LogP contribution < -0.4 is 5.32 Å². The molecule has 0 aromatic rings. The van der Waals surface area contributed by atoms with Crippen LogP contribution in [0.5, 0.6) is 0 Å². The molecule has 6 heteroatoms. The van der Waals surface area contributed by atoms with Crippen molar-refractivity contribution in [3.8, 4) is 0 Å². The van der Waals surface area contributed by atoms with Gasteiger partial charge in [-0.3, -0.25) is 4.79 Å². The van der Waals surface area contributed by atoms with Gasteiger partial charge in [-0.25, -0.2) is 8.42 Å². The summed E-state index contributed by atoms with van der Waals surface area (Å²) < 4.78 is 22.5. The molecule has 4 nitrogen and oxygen atoms in total. The highest BCUT2D eigenvalue weighted by Gasteiger charge is 2.44. The van der Waals surface area contributed by atoms with Gasteiger partial charge in [0.15, 0.2) is 9.84 Å². The average molecular weight is 240 g/mol. The van der Waals surface area contributed by atoms with Crippen LogP contribution in [0.15, 0.2) is 0 Å². The first kappa shape index (κ1) is 11.9. The molecule has 2 heterocycles. The van der Waals surface area contributed by atoms with Gasteiger partial charge in [0, 0.05) is 24.9 Å². The predicted molar refractivity (Wildman–Crippen MR) is 55.5 cm³/mol. The van der Waals surface area contributed by atoms with Gasteiger partial charge in [-0.2, -0.15) is 0 Å². The molecule has 0 radical (unpaired) electrons. The number of Topliss-reactive ketones (excluding diaryl/α,β-unsaturated/α-hetero) is 1. The van der Waals surface area contributed by atoms with E-state index in [1.54, 1.807) is 0 Å². The van der Waals surface area contributed by atoms with Gasteiger partial charge in [0.1, 0.15) is 5.78 Å². The molecule has 1 unspecified atom stereocenters. The Morgan fingerprint density at radius 1 is 1.36 bits per heavy atom. The SMILES string of the molecule is Cl.O=C1CCNC2(CCS(=O)(=O)C2)C1. The second-order valence-electron chi connectivity index (χ2n) is 4.01. The van der Waals surface area contributed by atoms with Crippen molar-refractivity contribution in [1.82, 2.24) is 5.32 Å². The van der Waals surface area contributed by atoms with E-state index in [-0.39, 0.29) is 29.7 Å². The van der Waals surface area contributed by atoms with Crippen LogP contribution >= 0.6 is 12.4 Å². The van der Waals surface area contributed by atoms with Crippen molar-refractivity contribution >= 4 is 28.0 Å². The smallest absolute Gasteiger partial charge is 0.152 e. The first-order valence-corrected chi connectivity index (χ1v) is 6.31. The normalized spacial score (nSPS) is 35.6. The molecule has 2 aliphatic rings. The van der Waals surface area contributed by atoms with E-state index in [0.717, 1.165) is 0 Å². The highest BCUT2D eigenvalue weighted by molar-refractivity contribution is 7.91. The molecule has 0 amide bonds. The molecular weight excluding hydrogens is 226 g/mol. The maximum atomic E-state index is 11.3. The maximum absolute atomic E-state index is 11.3. The third-order valence-corrected chi connectivity index (χ3v) is 4.65. The Morgan fingerprint density at radius 2 is 2.07 bits per heavy atom. The van der Waals surface area contributed by atoms with Crippen LogP contribution in [0, 0.1) is 0 Å².